The van der Waals surface area contributed by atoms with Gasteiger partial charge >= 0.3 is 0 Å². The minimum Gasteiger partial charge on any atom is -0.423 e. The summed E-state index contributed by atoms with van der Waals surface area (Å²) < 4.78 is 11.6. The molecule has 2 aromatic rings. The van der Waals surface area contributed by atoms with Crippen molar-refractivity contribution in [2.24, 2.45) is 5.73 Å². The number of aromatic nitrogens is 1. The van der Waals surface area contributed by atoms with Crippen molar-refractivity contribution >= 4 is 47.8 Å². The van der Waals surface area contributed by atoms with E-state index in [2.05, 4.69) is 9.88 Å². The number of nitrogens with two attached hydrogens (primary N) is 1. The lowest BCUT2D eigenvalue weighted by molar-refractivity contribution is -0.143. The van der Waals surface area contributed by atoms with Crippen LogP contribution in [0.3, 0.4) is 0 Å². The molecule has 7 nitrogen and oxygen atoms in total. The van der Waals surface area contributed by atoms with Gasteiger partial charge in [0.25, 0.3) is 11.9 Å². The lowest BCUT2D eigenvalue weighted by Crippen LogP contribution is -2.51. The molecule has 2 saturated heterocycles. The Balaban J connectivity index is 0.00000131. The number of hydrogen-bond donors (Lipinski definition) is 1. The van der Waals surface area contributed by atoms with Gasteiger partial charge in [-0.2, -0.15) is 4.98 Å². The average molecular weight is 417 g/mol. The first kappa shape index (κ1) is 21.8. The number of carbonyl (C=O) groups excluding carboxylic acids is 1. The summed E-state index contributed by atoms with van der Waals surface area (Å²) in [4.78, 5) is 21.1. The molecule has 0 unspecified atom stereocenters. The first-order valence-electron chi connectivity index (χ1n) is 8.90. The summed E-state index contributed by atoms with van der Waals surface area (Å²) in [5, 5.41) is 0. The van der Waals surface area contributed by atoms with Crippen molar-refractivity contribution in [1.82, 2.24) is 9.88 Å². The molecule has 0 radical (unpaired) electrons. The number of benzene rings is 1. The number of halogens is 2. The number of nitrogens with zero attached hydrogens (tertiary/aromatic N) is 3. The normalized spacial score (nSPS) is 22.4. The third-order valence-electron chi connectivity index (χ3n) is 5.04. The molecule has 1 aromatic carbocycles. The Morgan fingerprint density at radius 3 is 2.63 bits per heavy atom. The topological polar surface area (TPSA) is 84.8 Å². The fourth-order valence-corrected chi connectivity index (χ4v) is 3.54. The van der Waals surface area contributed by atoms with Gasteiger partial charge in [-0.05, 0) is 37.5 Å². The van der Waals surface area contributed by atoms with Gasteiger partial charge in [-0.3, -0.25) is 4.79 Å². The molecule has 2 atom stereocenters. The standard InChI is InChI=1S/C18H24N4O3.2ClH/c1-12-2-4-15-14(10-12)20-18(25-15)22-8-6-21(7-9-22)17(23)16-5-3-13(11-19)24-16;;/h2,4,10,13,16H,3,5-9,11,19H2,1H3;2*1H/t13-,16+;;/m1../s1. The van der Waals surface area contributed by atoms with Gasteiger partial charge < -0.3 is 24.7 Å². The summed E-state index contributed by atoms with van der Waals surface area (Å²) in [6, 6.07) is 6.62. The molecular weight excluding hydrogens is 391 g/mol. The zero-order valence-electron chi connectivity index (χ0n) is 15.3. The van der Waals surface area contributed by atoms with Crippen molar-refractivity contribution < 1.29 is 13.9 Å². The van der Waals surface area contributed by atoms with Crippen molar-refractivity contribution in [1.29, 1.82) is 0 Å². The SMILES string of the molecule is Cc1ccc2oc(N3CCN(C(=O)[C@@H]4CC[C@H](CN)O4)CC3)nc2c1.Cl.Cl. The smallest absolute Gasteiger partial charge is 0.298 e. The van der Waals surface area contributed by atoms with Crippen LogP contribution in [0.5, 0.6) is 0 Å². The largest absolute Gasteiger partial charge is 0.423 e. The van der Waals surface area contributed by atoms with Crippen LogP contribution in [0, 0.1) is 6.92 Å². The molecule has 0 spiro atoms. The second-order valence-electron chi connectivity index (χ2n) is 6.84. The first-order valence-corrected chi connectivity index (χ1v) is 8.90. The predicted octanol–water partition coefficient (Wildman–Crippen LogP) is 2.13. The number of rotatable bonds is 3. The summed E-state index contributed by atoms with van der Waals surface area (Å²) in [7, 11) is 0. The van der Waals surface area contributed by atoms with E-state index < -0.39 is 0 Å². The molecule has 9 heteroatoms. The number of anilines is 1. The van der Waals surface area contributed by atoms with Crippen molar-refractivity contribution in [2.75, 3.05) is 37.6 Å². The van der Waals surface area contributed by atoms with E-state index in [9.17, 15) is 4.79 Å². The Labute approximate surface area is 171 Å². The van der Waals surface area contributed by atoms with Crippen molar-refractivity contribution in [3.8, 4) is 0 Å². The molecule has 2 N–H and O–H groups in total. The number of ether oxygens (including phenoxy) is 1. The predicted molar refractivity (Wildman–Crippen MR) is 109 cm³/mol. The Kier molecular flexibility index (Phi) is 7.33. The minimum atomic E-state index is -0.326. The Bertz CT molecular complexity index is 777. The highest BCUT2D eigenvalue weighted by molar-refractivity contribution is 5.85. The van der Waals surface area contributed by atoms with Crippen molar-refractivity contribution in [2.45, 2.75) is 32.0 Å². The van der Waals surface area contributed by atoms with E-state index in [1.165, 1.54) is 0 Å². The molecule has 2 aliphatic rings. The molecule has 1 amide bonds. The minimum absolute atomic E-state index is 0. The van der Waals surface area contributed by atoms with Crippen LogP contribution in [0.15, 0.2) is 22.6 Å². The first-order chi connectivity index (χ1) is 12.1. The monoisotopic (exact) mass is 416 g/mol. The van der Waals surface area contributed by atoms with Crippen molar-refractivity contribution in [3.05, 3.63) is 23.8 Å². The van der Waals surface area contributed by atoms with E-state index in [1.807, 2.05) is 30.0 Å². The average Bonchev–Trinajstić information content (AvgIpc) is 3.27. The Morgan fingerprint density at radius 1 is 1.22 bits per heavy atom. The number of amides is 1. The van der Waals surface area contributed by atoms with Crippen molar-refractivity contribution in [3.63, 3.8) is 0 Å². The number of aryl methyl sites for hydroxylation is 1. The number of hydrogen-bond acceptors (Lipinski definition) is 6. The summed E-state index contributed by atoms with van der Waals surface area (Å²) in [5.74, 6) is 0.0868. The quantitative estimate of drug-likeness (QED) is 0.824. The molecule has 2 aliphatic heterocycles. The molecule has 0 saturated carbocycles. The maximum Gasteiger partial charge on any atom is 0.298 e. The van der Waals surface area contributed by atoms with E-state index in [0.717, 1.165) is 29.5 Å². The lowest BCUT2D eigenvalue weighted by Gasteiger charge is -2.35. The molecule has 0 aliphatic carbocycles. The highest BCUT2D eigenvalue weighted by atomic mass is 35.5. The van der Waals surface area contributed by atoms with Crippen LogP contribution < -0.4 is 10.6 Å². The molecule has 3 heterocycles. The van der Waals surface area contributed by atoms with Crippen LogP contribution in [0.25, 0.3) is 11.1 Å². The van der Waals surface area contributed by atoms with Crippen LogP contribution in [0.1, 0.15) is 18.4 Å². The van der Waals surface area contributed by atoms with Crippen LogP contribution in [-0.4, -0.2) is 60.7 Å². The van der Waals surface area contributed by atoms with Gasteiger partial charge in [0.2, 0.25) is 0 Å². The summed E-state index contributed by atoms with van der Waals surface area (Å²) >= 11 is 0. The Morgan fingerprint density at radius 2 is 1.96 bits per heavy atom. The molecule has 4 rings (SSSR count). The summed E-state index contributed by atoms with van der Waals surface area (Å²) in [5.41, 5.74) is 8.46. The van der Waals surface area contributed by atoms with Gasteiger partial charge in [0.1, 0.15) is 11.6 Å². The van der Waals surface area contributed by atoms with E-state index in [1.54, 1.807) is 0 Å². The van der Waals surface area contributed by atoms with Gasteiger partial charge in [-0.15, -0.1) is 24.8 Å². The summed E-state index contributed by atoms with van der Waals surface area (Å²) in [6.07, 6.45) is 1.34. The third kappa shape index (κ3) is 4.48. The molecule has 150 valence electrons. The van der Waals surface area contributed by atoms with Crippen LogP contribution in [-0.2, 0) is 9.53 Å². The van der Waals surface area contributed by atoms with E-state index in [-0.39, 0.29) is 42.9 Å². The second-order valence-corrected chi connectivity index (χ2v) is 6.84. The van der Waals surface area contributed by atoms with Gasteiger partial charge in [-0.25, -0.2) is 0 Å². The summed E-state index contributed by atoms with van der Waals surface area (Å²) in [6.45, 7) is 5.26. The van der Waals surface area contributed by atoms with Crippen LogP contribution >= 0.6 is 24.8 Å². The van der Waals surface area contributed by atoms with Gasteiger partial charge in [0.15, 0.2) is 5.58 Å². The van der Waals surface area contributed by atoms with Gasteiger partial charge in [0.05, 0.1) is 6.10 Å². The number of piperazine rings is 1. The highest BCUT2D eigenvalue weighted by Gasteiger charge is 2.34. The van der Waals surface area contributed by atoms with E-state index in [0.29, 0.717) is 38.7 Å². The Hall–Kier alpha value is -1.54. The molecule has 2 fully saturated rings. The molecule has 27 heavy (non-hydrogen) atoms. The van der Waals surface area contributed by atoms with Gasteiger partial charge in [-0.1, -0.05) is 6.07 Å². The fraction of sp³-hybridized carbons (Fsp3) is 0.556. The van der Waals surface area contributed by atoms with Crippen LogP contribution in [0.2, 0.25) is 0 Å². The second kappa shape index (κ2) is 9.10. The zero-order chi connectivity index (χ0) is 17.4. The van der Waals surface area contributed by atoms with Gasteiger partial charge in [0, 0.05) is 32.7 Å². The van der Waals surface area contributed by atoms with E-state index >= 15 is 0 Å². The fourth-order valence-electron chi connectivity index (χ4n) is 3.54. The number of oxazole rings is 1. The third-order valence-corrected chi connectivity index (χ3v) is 5.04. The molecule has 0 bridgehead atoms. The molecular formula is C18H26Cl2N4O3. The zero-order valence-corrected chi connectivity index (χ0v) is 16.9. The maximum atomic E-state index is 12.6. The van der Waals surface area contributed by atoms with E-state index in [4.69, 9.17) is 14.9 Å². The lowest BCUT2D eigenvalue weighted by atomic mass is 10.1. The number of fused-ring (bicyclic) bond motifs is 1. The maximum absolute atomic E-state index is 12.6. The molecule has 1 aromatic heterocycles. The van der Waals surface area contributed by atoms with Crippen LogP contribution in [0.4, 0.5) is 6.01 Å². The highest BCUT2D eigenvalue weighted by Crippen LogP contribution is 2.25. The number of carbonyl (C=O) groups is 1.